The molecule has 1 aliphatic rings. The van der Waals surface area contributed by atoms with Crippen molar-refractivity contribution in [3.63, 3.8) is 0 Å². The molecule has 0 bridgehead atoms. The van der Waals surface area contributed by atoms with Crippen LogP contribution in [0.5, 0.6) is 0 Å². The molecule has 2 N–H and O–H groups in total. The van der Waals surface area contributed by atoms with Crippen LogP contribution in [-0.2, 0) is 11.3 Å². The van der Waals surface area contributed by atoms with E-state index in [1.807, 2.05) is 55.8 Å². The van der Waals surface area contributed by atoms with Gasteiger partial charge in [0, 0.05) is 37.6 Å². The summed E-state index contributed by atoms with van der Waals surface area (Å²) in [5.41, 5.74) is 1.61. The van der Waals surface area contributed by atoms with Gasteiger partial charge in [0.1, 0.15) is 11.3 Å². The highest BCUT2D eigenvalue weighted by molar-refractivity contribution is 6.02. The molecule has 0 spiro atoms. The predicted molar refractivity (Wildman–Crippen MR) is 135 cm³/mol. The summed E-state index contributed by atoms with van der Waals surface area (Å²) in [6.45, 7) is 7.10. The van der Waals surface area contributed by atoms with Gasteiger partial charge in [-0.2, -0.15) is 0 Å². The number of carbonyl (C=O) groups excluding carboxylic acids is 3. The second kappa shape index (κ2) is 10.7. The summed E-state index contributed by atoms with van der Waals surface area (Å²) in [5.74, 6) is -0.242. The number of rotatable bonds is 6. The molecule has 4 rings (SSSR count). The molecule has 1 aliphatic heterocycles. The molecule has 0 saturated carbocycles. The van der Waals surface area contributed by atoms with Crippen molar-refractivity contribution >= 4 is 23.6 Å². The molecule has 0 unspecified atom stereocenters. The number of aromatic nitrogens is 1. The monoisotopic (exact) mass is 492 g/mol. The molecule has 0 atom stereocenters. The Labute approximate surface area is 210 Å². The van der Waals surface area contributed by atoms with Crippen molar-refractivity contribution in [3.8, 4) is 0 Å². The first-order valence-electron chi connectivity index (χ1n) is 12.1. The lowest BCUT2D eigenvalue weighted by atomic mass is 10.0. The van der Waals surface area contributed by atoms with Gasteiger partial charge in [-0.15, -0.1) is 0 Å². The van der Waals surface area contributed by atoms with Crippen molar-refractivity contribution in [1.29, 1.82) is 0 Å². The molecular formula is C27H32N4O5. The van der Waals surface area contributed by atoms with Crippen molar-refractivity contribution in [2.45, 2.75) is 51.8 Å². The van der Waals surface area contributed by atoms with E-state index in [0.29, 0.717) is 31.0 Å². The van der Waals surface area contributed by atoms with Crippen molar-refractivity contribution in [2.75, 3.05) is 18.4 Å². The fourth-order valence-corrected chi connectivity index (χ4v) is 4.14. The molecule has 3 heterocycles. The van der Waals surface area contributed by atoms with E-state index in [4.69, 9.17) is 9.15 Å². The molecule has 36 heavy (non-hydrogen) atoms. The summed E-state index contributed by atoms with van der Waals surface area (Å²) < 4.78 is 12.6. The van der Waals surface area contributed by atoms with Crippen LogP contribution in [0, 0.1) is 0 Å². The summed E-state index contributed by atoms with van der Waals surface area (Å²) in [4.78, 5) is 39.1. The second-order valence-electron chi connectivity index (χ2n) is 9.81. The quantitative estimate of drug-likeness (QED) is 0.512. The highest BCUT2D eigenvalue weighted by Crippen LogP contribution is 2.26. The number of carbonyl (C=O) groups is 3. The van der Waals surface area contributed by atoms with E-state index in [2.05, 4.69) is 10.6 Å². The van der Waals surface area contributed by atoms with Gasteiger partial charge in [0.05, 0.1) is 6.26 Å². The molecule has 3 aromatic rings. The molecule has 9 heteroatoms. The van der Waals surface area contributed by atoms with E-state index >= 15 is 0 Å². The van der Waals surface area contributed by atoms with Gasteiger partial charge >= 0.3 is 6.09 Å². The first kappa shape index (κ1) is 25.1. The van der Waals surface area contributed by atoms with Gasteiger partial charge in [0.2, 0.25) is 0 Å². The minimum absolute atomic E-state index is 0.136. The second-order valence-corrected chi connectivity index (χ2v) is 9.81. The van der Waals surface area contributed by atoms with Crippen LogP contribution in [0.15, 0.2) is 65.4 Å². The third-order valence-corrected chi connectivity index (χ3v) is 5.93. The fraction of sp³-hybridized carbons (Fsp3) is 0.370. The lowest BCUT2D eigenvalue weighted by molar-refractivity contribution is 0.0187. The van der Waals surface area contributed by atoms with Gasteiger partial charge in [0.15, 0.2) is 5.76 Å². The number of likely N-dealkylation sites (tertiary alicyclic amines) is 1. The van der Waals surface area contributed by atoms with Gasteiger partial charge in [0.25, 0.3) is 11.8 Å². The van der Waals surface area contributed by atoms with Crippen LogP contribution in [-0.4, -0.2) is 46.1 Å². The summed E-state index contributed by atoms with van der Waals surface area (Å²) in [5, 5.41) is 5.74. The number of amides is 3. The molecule has 1 aromatic carbocycles. The topological polar surface area (TPSA) is 106 Å². The molecule has 0 aliphatic carbocycles. The highest BCUT2D eigenvalue weighted by atomic mass is 16.6. The summed E-state index contributed by atoms with van der Waals surface area (Å²) in [6.07, 6.45) is 4.57. The van der Waals surface area contributed by atoms with Crippen LogP contribution >= 0.6 is 0 Å². The van der Waals surface area contributed by atoms with Crippen molar-refractivity contribution in [1.82, 2.24) is 14.8 Å². The fourth-order valence-electron chi connectivity index (χ4n) is 4.14. The van der Waals surface area contributed by atoms with E-state index in [0.717, 1.165) is 18.4 Å². The largest absolute Gasteiger partial charge is 0.459 e. The molecule has 190 valence electrons. The average molecular weight is 493 g/mol. The highest BCUT2D eigenvalue weighted by Gasteiger charge is 2.28. The Kier molecular flexibility index (Phi) is 7.47. The number of nitrogens with one attached hydrogen (secondary N) is 2. The maximum absolute atomic E-state index is 12.9. The van der Waals surface area contributed by atoms with Gasteiger partial charge < -0.3 is 29.3 Å². The van der Waals surface area contributed by atoms with Crippen LogP contribution in [0.1, 0.15) is 66.3 Å². The molecule has 3 amide bonds. The van der Waals surface area contributed by atoms with Gasteiger partial charge in [-0.05, 0) is 75.6 Å². The normalized spacial score (nSPS) is 14.4. The molecule has 1 fully saturated rings. The minimum Gasteiger partial charge on any atom is -0.459 e. The number of hydrogen-bond acceptors (Lipinski definition) is 5. The summed E-state index contributed by atoms with van der Waals surface area (Å²) in [7, 11) is 0. The molecule has 1 saturated heterocycles. The van der Waals surface area contributed by atoms with Gasteiger partial charge in [-0.3, -0.25) is 9.59 Å². The SMILES string of the molecule is CC(C)(C)OC(=O)N1CCC(n2cccc2C(=O)NCc2ccc(NC(=O)c3ccco3)cc2)CC1. The Bertz CT molecular complexity index is 1180. The molecule has 9 nitrogen and oxygen atoms in total. The van der Waals surface area contributed by atoms with E-state index in [9.17, 15) is 14.4 Å². The van der Waals surface area contributed by atoms with Crippen LogP contribution in [0.3, 0.4) is 0 Å². The number of ether oxygens (including phenoxy) is 1. The number of anilines is 1. The van der Waals surface area contributed by atoms with Crippen molar-refractivity contribution in [2.24, 2.45) is 0 Å². The summed E-state index contributed by atoms with van der Waals surface area (Å²) >= 11 is 0. The van der Waals surface area contributed by atoms with E-state index in [1.165, 1.54) is 6.26 Å². The van der Waals surface area contributed by atoms with Crippen LogP contribution < -0.4 is 10.6 Å². The molecule has 0 radical (unpaired) electrons. The van der Waals surface area contributed by atoms with Gasteiger partial charge in [-0.1, -0.05) is 12.1 Å². The maximum Gasteiger partial charge on any atom is 0.410 e. The minimum atomic E-state index is -0.520. The Hall–Kier alpha value is -4.01. The number of hydrogen-bond donors (Lipinski definition) is 2. The smallest absolute Gasteiger partial charge is 0.410 e. The average Bonchev–Trinajstić information content (AvgIpc) is 3.55. The third-order valence-electron chi connectivity index (χ3n) is 5.93. The third kappa shape index (κ3) is 6.35. The Morgan fingerprint density at radius 3 is 2.36 bits per heavy atom. The lowest BCUT2D eigenvalue weighted by Crippen LogP contribution is -2.42. The number of benzene rings is 1. The maximum atomic E-state index is 12.9. The van der Waals surface area contributed by atoms with Crippen molar-refractivity contribution in [3.05, 3.63) is 78.0 Å². The van der Waals surface area contributed by atoms with Crippen LogP contribution in [0.25, 0.3) is 0 Å². The predicted octanol–water partition coefficient (Wildman–Crippen LogP) is 4.84. The lowest BCUT2D eigenvalue weighted by Gasteiger charge is -2.34. The van der Waals surface area contributed by atoms with E-state index < -0.39 is 5.60 Å². The van der Waals surface area contributed by atoms with Gasteiger partial charge in [-0.25, -0.2) is 4.79 Å². The number of furan rings is 1. The molecular weight excluding hydrogens is 460 g/mol. The van der Waals surface area contributed by atoms with E-state index in [-0.39, 0.29) is 29.7 Å². The standard InChI is InChI=1S/C27H32N4O5/c1-27(2,3)36-26(34)30-15-12-21(13-16-30)31-14-4-6-22(31)24(32)28-18-19-8-10-20(11-9-19)29-25(33)23-7-5-17-35-23/h4-11,14,17,21H,12-13,15-16,18H2,1-3H3,(H,28,32)(H,29,33). The zero-order valence-electron chi connectivity index (χ0n) is 20.8. The molecule has 2 aromatic heterocycles. The number of piperidine rings is 1. The van der Waals surface area contributed by atoms with E-state index in [1.54, 1.807) is 29.2 Å². The first-order valence-corrected chi connectivity index (χ1v) is 12.1. The Morgan fingerprint density at radius 2 is 1.72 bits per heavy atom. The van der Waals surface area contributed by atoms with Crippen LogP contribution in [0.2, 0.25) is 0 Å². The zero-order chi connectivity index (χ0) is 25.7. The zero-order valence-corrected chi connectivity index (χ0v) is 20.8. The number of nitrogens with zero attached hydrogens (tertiary/aromatic N) is 2. The Morgan fingerprint density at radius 1 is 1.00 bits per heavy atom. The first-order chi connectivity index (χ1) is 17.2. The van der Waals surface area contributed by atoms with Crippen LogP contribution in [0.4, 0.5) is 10.5 Å². The Balaban J connectivity index is 1.28. The van der Waals surface area contributed by atoms with Crippen molar-refractivity contribution < 1.29 is 23.5 Å². The summed E-state index contributed by atoms with van der Waals surface area (Å²) in [6, 6.07) is 14.3.